The minimum atomic E-state index is -4.41. The lowest BCUT2D eigenvalue weighted by molar-refractivity contribution is -0.137. The number of benzene rings is 2. The molecule has 8 heteroatoms. The summed E-state index contributed by atoms with van der Waals surface area (Å²) in [6.45, 7) is 2.83. The predicted octanol–water partition coefficient (Wildman–Crippen LogP) is 5.38. The first-order valence-electron chi connectivity index (χ1n) is 10.0. The molecule has 1 aliphatic heterocycles. The monoisotopic (exact) mass is 431 g/mol. The Morgan fingerprint density at radius 3 is 2.55 bits per heavy atom. The van der Waals surface area contributed by atoms with E-state index in [4.69, 9.17) is 0 Å². The fraction of sp³-hybridized carbons (Fsp3) is 0.304. The molecular formula is C23H21F4N3O. The Morgan fingerprint density at radius 2 is 1.87 bits per heavy atom. The molecule has 0 radical (unpaired) electrons. The maximum absolute atomic E-state index is 13.3. The third-order valence-electron chi connectivity index (χ3n) is 5.60. The van der Waals surface area contributed by atoms with Crippen LogP contribution in [0.25, 0.3) is 17.1 Å². The maximum atomic E-state index is 13.3. The molecule has 31 heavy (non-hydrogen) atoms. The molecule has 1 fully saturated rings. The smallest absolute Gasteiger partial charge is 0.339 e. The SMILES string of the molecule is Cc1nc2cc(C(F)(F)F)ccc2n1C1CCN(C(=O)C=Cc2cccc(F)c2)CC1. The zero-order valence-electron chi connectivity index (χ0n) is 16.9. The van der Waals surface area contributed by atoms with E-state index in [1.54, 1.807) is 30.0 Å². The van der Waals surface area contributed by atoms with Crippen LogP contribution in [0.2, 0.25) is 0 Å². The quantitative estimate of drug-likeness (QED) is 0.413. The number of aryl methyl sites for hydroxylation is 1. The largest absolute Gasteiger partial charge is 0.416 e. The van der Waals surface area contributed by atoms with Gasteiger partial charge in [-0.3, -0.25) is 4.79 Å². The number of alkyl halides is 3. The van der Waals surface area contributed by atoms with Gasteiger partial charge in [0.2, 0.25) is 5.91 Å². The number of hydrogen-bond donors (Lipinski definition) is 0. The minimum Gasteiger partial charge on any atom is -0.339 e. The van der Waals surface area contributed by atoms with Crippen LogP contribution in [0.1, 0.15) is 35.8 Å². The Hall–Kier alpha value is -3.16. The molecule has 1 aliphatic rings. The van der Waals surface area contributed by atoms with E-state index in [1.807, 2.05) is 4.57 Å². The van der Waals surface area contributed by atoms with Crippen LogP contribution in [-0.4, -0.2) is 33.4 Å². The summed E-state index contributed by atoms with van der Waals surface area (Å²) in [5.41, 5.74) is 0.891. The van der Waals surface area contributed by atoms with Crippen molar-refractivity contribution >= 4 is 23.0 Å². The highest BCUT2D eigenvalue weighted by Crippen LogP contribution is 2.34. The van der Waals surface area contributed by atoms with Gasteiger partial charge in [0.15, 0.2) is 0 Å². The van der Waals surface area contributed by atoms with Crippen LogP contribution in [0.3, 0.4) is 0 Å². The number of hydrogen-bond acceptors (Lipinski definition) is 2. The summed E-state index contributed by atoms with van der Waals surface area (Å²) in [6.07, 6.45) is -0.0365. The number of imidazole rings is 1. The first kappa shape index (κ1) is 21.1. The van der Waals surface area contributed by atoms with Gasteiger partial charge >= 0.3 is 6.18 Å². The number of rotatable bonds is 3. The number of nitrogens with zero attached hydrogens (tertiary/aromatic N) is 3. The summed E-state index contributed by atoms with van der Waals surface area (Å²) in [5, 5.41) is 0. The van der Waals surface area contributed by atoms with Crippen molar-refractivity contribution in [1.29, 1.82) is 0 Å². The predicted molar refractivity (Wildman–Crippen MR) is 110 cm³/mol. The number of halogens is 4. The molecule has 162 valence electrons. The second kappa shape index (κ2) is 8.17. The summed E-state index contributed by atoms with van der Waals surface area (Å²) >= 11 is 0. The maximum Gasteiger partial charge on any atom is 0.416 e. The van der Waals surface area contributed by atoms with Crippen molar-refractivity contribution < 1.29 is 22.4 Å². The van der Waals surface area contributed by atoms with Crippen molar-refractivity contribution in [2.45, 2.75) is 32.0 Å². The van der Waals surface area contributed by atoms with Crippen LogP contribution in [-0.2, 0) is 11.0 Å². The van der Waals surface area contributed by atoms with Gasteiger partial charge in [0.05, 0.1) is 16.6 Å². The van der Waals surface area contributed by atoms with E-state index in [-0.39, 0.29) is 17.8 Å². The summed E-state index contributed by atoms with van der Waals surface area (Å²) in [7, 11) is 0. The Labute approximate surface area is 176 Å². The molecule has 0 bridgehead atoms. The fourth-order valence-electron chi connectivity index (χ4n) is 4.08. The minimum absolute atomic E-state index is 0.0537. The lowest BCUT2D eigenvalue weighted by Gasteiger charge is -2.33. The topological polar surface area (TPSA) is 38.1 Å². The number of fused-ring (bicyclic) bond motifs is 1. The average Bonchev–Trinajstić information content (AvgIpc) is 3.06. The Balaban J connectivity index is 1.45. The van der Waals surface area contributed by atoms with Gasteiger partial charge in [-0.1, -0.05) is 12.1 Å². The first-order chi connectivity index (χ1) is 14.7. The first-order valence-corrected chi connectivity index (χ1v) is 10.0. The normalized spacial score (nSPS) is 15.8. The van der Waals surface area contributed by atoms with E-state index < -0.39 is 11.7 Å². The molecule has 0 saturated carbocycles. The second-order valence-corrected chi connectivity index (χ2v) is 7.68. The molecule has 3 aromatic rings. The number of amides is 1. The van der Waals surface area contributed by atoms with Crippen LogP contribution in [0, 0.1) is 12.7 Å². The molecular weight excluding hydrogens is 410 g/mol. The standard InChI is InChI=1S/C23H21F4N3O/c1-15-28-20-14-17(23(25,26)27)6-7-21(20)30(15)19-9-11-29(12-10-19)22(31)8-5-16-3-2-4-18(24)13-16/h2-8,13-14,19H,9-12H2,1H3. The molecule has 0 atom stereocenters. The molecule has 2 aromatic carbocycles. The van der Waals surface area contributed by atoms with Crippen molar-refractivity contribution in [3.8, 4) is 0 Å². The van der Waals surface area contributed by atoms with E-state index in [0.717, 1.165) is 12.1 Å². The van der Waals surface area contributed by atoms with E-state index >= 15 is 0 Å². The van der Waals surface area contributed by atoms with Crippen LogP contribution >= 0.6 is 0 Å². The molecule has 0 spiro atoms. The van der Waals surface area contributed by atoms with Gasteiger partial charge in [0, 0.05) is 25.2 Å². The zero-order valence-corrected chi connectivity index (χ0v) is 16.9. The Morgan fingerprint density at radius 1 is 1.13 bits per heavy atom. The molecule has 2 heterocycles. The van der Waals surface area contributed by atoms with Crippen LogP contribution in [0.15, 0.2) is 48.5 Å². The molecule has 0 unspecified atom stereocenters. The van der Waals surface area contributed by atoms with E-state index in [2.05, 4.69) is 4.98 Å². The van der Waals surface area contributed by atoms with E-state index in [0.29, 0.717) is 48.4 Å². The summed E-state index contributed by atoms with van der Waals surface area (Å²) in [5.74, 6) is 0.149. The van der Waals surface area contributed by atoms with Gasteiger partial charge < -0.3 is 9.47 Å². The van der Waals surface area contributed by atoms with Crippen molar-refractivity contribution in [3.63, 3.8) is 0 Å². The summed E-state index contributed by atoms with van der Waals surface area (Å²) < 4.78 is 54.2. The summed E-state index contributed by atoms with van der Waals surface area (Å²) in [6, 6.07) is 9.68. The second-order valence-electron chi connectivity index (χ2n) is 7.68. The molecule has 1 saturated heterocycles. The molecule has 4 rings (SSSR count). The Bertz CT molecular complexity index is 1140. The van der Waals surface area contributed by atoms with Gasteiger partial charge in [-0.25, -0.2) is 9.37 Å². The third kappa shape index (κ3) is 4.47. The summed E-state index contributed by atoms with van der Waals surface area (Å²) in [4.78, 5) is 18.5. The molecule has 1 amide bonds. The number of piperidine rings is 1. The molecule has 0 N–H and O–H groups in total. The molecule has 0 aliphatic carbocycles. The van der Waals surface area contributed by atoms with Gasteiger partial charge in [-0.15, -0.1) is 0 Å². The highest BCUT2D eigenvalue weighted by atomic mass is 19.4. The van der Waals surface area contributed by atoms with E-state index in [9.17, 15) is 22.4 Å². The van der Waals surface area contributed by atoms with Gasteiger partial charge in [0.1, 0.15) is 11.6 Å². The lowest BCUT2D eigenvalue weighted by atomic mass is 10.0. The van der Waals surface area contributed by atoms with Crippen molar-refractivity contribution in [1.82, 2.24) is 14.5 Å². The third-order valence-corrected chi connectivity index (χ3v) is 5.60. The van der Waals surface area contributed by atoms with E-state index in [1.165, 1.54) is 24.3 Å². The number of carbonyl (C=O) groups is 1. The van der Waals surface area contributed by atoms with Crippen LogP contribution < -0.4 is 0 Å². The number of likely N-dealkylation sites (tertiary alicyclic amines) is 1. The van der Waals surface area contributed by atoms with Gasteiger partial charge in [-0.05, 0) is 61.7 Å². The highest BCUT2D eigenvalue weighted by molar-refractivity contribution is 5.91. The lowest BCUT2D eigenvalue weighted by Crippen LogP contribution is -2.38. The Kier molecular flexibility index (Phi) is 5.56. The number of aromatic nitrogens is 2. The van der Waals surface area contributed by atoms with Crippen molar-refractivity contribution in [2.24, 2.45) is 0 Å². The number of carbonyl (C=O) groups excluding carboxylic acids is 1. The van der Waals surface area contributed by atoms with Gasteiger partial charge in [0.25, 0.3) is 0 Å². The average molecular weight is 431 g/mol. The molecule has 1 aromatic heterocycles. The van der Waals surface area contributed by atoms with Crippen LogP contribution in [0.4, 0.5) is 17.6 Å². The van der Waals surface area contributed by atoms with Crippen molar-refractivity contribution in [3.05, 3.63) is 71.3 Å². The molecule has 4 nitrogen and oxygen atoms in total. The van der Waals surface area contributed by atoms with Crippen LogP contribution in [0.5, 0.6) is 0 Å². The van der Waals surface area contributed by atoms with Gasteiger partial charge in [-0.2, -0.15) is 13.2 Å². The fourth-order valence-corrected chi connectivity index (χ4v) is 4.08. The highest BCUT2D eigenvalue weighted by Gasteiger charge is 2.31. The zero-order chi connectivity index (χ0) is 22.2. The van der Waals surface area contributed by atoms with Crippen molar-refractivity contribution in [2.75, 3.05) is 13.1 Å².